The maximum atomic E-state index is 13.1. The molecule has 0 aliphatic carbocycles. The van der Waals surface area contributed by atoms with Crippen molar-refractivity contribution in [1.29, 1.82) is 0 Å². The highest BCUT2D eigenvalue weighted by Crippen LogP contribution is 2.36. The van der Waals surface area contributed by atoms with Gasteiger partial charge in [0.25, 0.3) is 11.6 Å². The van der Waals surface area contributed by atoms with Crippen LogP contribution in [0.4, 0.5) is 5.69 Å². The first-order valence-corrected chi connectivity index (χ1v) is 9.85. The van der Waals surface area contributed by atoms with E-state index in [9.17, 15) is 14.9 Å². The fourth-order valence-corrected chi connectivity index (χ4v) is 3.76. The van der Waals surface area contributed by atoms with Crippen molar-refractivity contribution in [2.75, 3.05) is 26.8 Å². The highest BCUT2D eigenvalue weighted by atomic mass is 16.6. The molecular formula is C22H26N2O5. The number of piperidine rings is 1. The van der Waals surface area contributed by atoms with E-state index >= 15 is 0 Å². The van der Waals surface area contributed by atoms with Gasteiger partial charge in [-0.2, -0.15) is 0 Å². The number of ether oxygens (including phenoxy) is 2. The van der Waals surface area contributed by atoms with Gasteiger partial charge in [0.1, 0.15) is 5.56 Å². The van der Waals surface area contributed by atoms with Crippen LogP contribution in [0, 0.1) is 16.0 Å². The second-order valence-electron chi connectivity index (χ2n) is 7.14. The Bertz CT molecular complexity index is 861. The summed E-state index contributed by atoms with van der Waals surface area (Å²) in [5, 5.41) is 11.5. The maximum absolute atomic E-state index is 13.1. The molecule has 0 atom stereocenters. The molecule has 2 aromatic rings. The lowest BCUT2D eigenvalue weighted by atomic mass is 9.90. The van der Waals surface area contributed by atoms with Gasteiger partial charge in [0.15, 0.2) is 11.5 Å². The molecule has 1 fully saturated rings. The third-order valence-corrected chi connectivity index (χ3v) is 5.28. The fraction of sp³-hybridized carbons (Fsp3) is 0.409. The Kier molecular flexibility index (Phi) is 6.69. The number of hydrogen-bond donors (Lipinski definition) is 0. The van der Waals surface area contributed by atoms with Crippen LogP contribution in [-0.2, 0) is 6.42 Å². The highest BCUT2D eigenvalue weighted by Gasteiger charge is 2.30. The number of carbonyl (C=O) groups is 1. The highest BCUT2D eigenvalue weighted by molar-refractivity contribution is 5.99. The topological polar surface area (TPSA) is 81.9 Å². The van der Waals surface area contributed by atoms with Gasteiger partial charge in [-0.1, -0.05) is 30.3 Å². The molecule has 1 aliphatic rings. The van der Waals surface area contributed by atoms with E-state index in [2.05, 4.69) is 12.1 Å². The summed E-state index contributed by atoms with van der Waals surface area (Å²) in [7, 11) is 1.42. The monoisotopic (exact) mass is 398 g/mol. The normalized spacial score (nSPS) is 14.5. The molecule has 0 unspecified atom stereocenters. The van der Waals surface area contributed by atoms with Gasteiger partial charge in [0.05, 0.1) is 24.7 Å². The zero-order valence-electron chi connectivity index (χ0n) is 16.8. The van der Waals surface area contributed by atoms with Crippen molar-refractivity contribution >= 4 is 11.6 Å². The summed E-state index contributed by atoms with van der Waals surface area (Å²) >= 11 is 0. The van der Waals surface area contributed by atoms with Crippen molar-refractivity contribution in [2.24, 2.45) is 5.92 Å². The lowest BCUT2D eigenvalue weighted by molar-refractivity contribution is -0.385. The van der Waals surface area contributed by atoms with E-state index in [1.54, 1.807) is 11.8 Å². The number of benzene rings is 2. The van der Waals surface area contributed by atoms with Crippen molar-refractivity contribution in [2.45, 2.75) is 26.2 Å². The minimum absolute atomic E-state index is 0.0424. The Morgan fingerprint density at radius 1 is 1.17 bits per heavy atom. The van der Waals surface area contributed by atoms with Crippen molar-refractivity contribution < 1.29 is 19.2 Å². The van der Waals surface area contributed by atoms with Gasteiger partial charge in [-0.3, -0.25) is 14.9 Å². The van der Waals surface area contributed by atoms with Gasteiger partial charge in [0.2, 0.25) is 0 Å². The van der Waals surface area contributed by atoms with Crippen molar-refractivity contribution in [3.8, 4) is 11.5 Å². The zero-order chi connectivity index (χ0) is 20.8. The van der Waals surface area contributed by atoms with E-state index in [1.807, 2.05) is 18.2 Å². The summed E-state index contributed by atoms with van der Waals surface area (Å²) < 4.78 is 10.7. The Balaban J connectivity index is 1.74. The van der Waals surface area contributed by atoms with Gasteiger partial charge in [-0.25, -0.2) is 0 Å². The molecule has 0 N–H and O–H groups in total. The largest absolute Gasteiger partial charge is 0.493 e. The molecule has 1 saturated heterocycles. The first-order valence-electron chi connectivity index (χ1n) is 9.85. The van der Waals surface area contributed by atoms with Gasteiger partial charge in [0, 0.05) is 19.2 Å². The molecule has 2 aromatic carbocycles. The predicted octanol–water partition coefficient (Wildman–Crippen LogP) is 4.10. The van der Waals surface area contributed by atoms with Crippen LogP contribution in [0.5, 0.6) is 11.5 Å². The lowest BCUT2D eigenvalue weighted by Gasteiger charge is -2.32. The number of nitro benzene ring substituents is 1. The SMILES string of the molecule is CCOc1cc(C(=O)N2CCC(Cc3ccccc3)CC2)c([N+](=O)[O-])cc1OC. The molecule has 0 radical (unpaired) electrons. The summed E-state index contributed by atoms with van der Waals surface area (Å²) in [6.07, 6.45) is 2.74. The smallest absolute Gasteiger partial charge is 0.286 e. The van der Waals surface area contributed by atoms with Crippen LogP contribution in [0.15, 0.2) is 42.5 Å². The van der Waals surface area contributed by atoms with Crippen LogP contribution in [-0.4, -0.2) is 42.5 Å². The van der Waals surface area contributed by atoms with Crippen LogP contribution in [0.1, 0.15) is 35.7 Å². The third kappa shape index (κ3) is 4.85. The number of carbonyl (C=O) groups excluding carboxylic acids is 1. The summed E-state index contributed by atoms with van der Waals surface area (Å²) in [6.45, 7) is 3.35. The summed E-state index contributed by atoms with van der Waals surface area (Å²) in [5.41, 5.74) is 1.08. The van der Waals surface area contributed by atoms with Gasteiger partial charge < -0.3 is 14.4 Å². The van der Waals surface area contributed by atoms with E-state index in [4.69, 9.17) is 9.47 Å². The number of nitro groups is 1. The van der Waals surface area contributed by atoms with Gasteiger partial charge in [-0.05, 0) is 37.7 Å². The molecular weight excluding hydrogens is 372 g/mol. The molecule has 7 heteroatoms. The van der Waals surface area contributed by atoms with Gasteiger partial charge >= 0.3 is 0 Å². The second-order valence-corrected chi connectivity index (χ2v) is 7.14. The van der Waals surface area contributed by atoms with E-state index < -0.39 is 4.92 Å². The molecule has 1 aliphatic heterocycles. The quantitative estimate of drug-likeness (QED) is 0.518. The zero-order valence-corrected chi connectivity index (χ0v) is 16.8. The summed E-state index contributed by atoms with van der Waals surface area (Å²) in [6, 6.07) is 13.0. The van der Waals surface area contributed by atoms with Crippen molar-refractivity contribution in [3.05, 3.63) is 63.7 Å². The van der Waals surface area contributed by atoms with E-state index in [-0.39, 0.29) is 22.9 Å². The molecule has 1 heterocycles. The Morgan fingerprint density at radius 2 is 1.86 bits per heavy atom. The average Bonchev–Trinajstić information content (AvgIpc) is 2.74. The van der Waals surface area contributed by atoms with Crippen LogP contribution in [0.3, 0.4) is 0 Å². The summed E-state index contributed by atoms with van der Waals surface area (Å²) in [5.74, 6) is 0.754. The van der Waals surface area contributed by atoms with E-state index in [0.717, 1.165) is 19.3 Å². The molecule has 0 bridgehead atoms. The number of nitrogens with zero attached hydrogens (tertiary/aromatic N) is 2. The number of rotatable bonds is 7. The molecule has 1 amide bonds. The number of likely N-dealkylation sites (tertiary alicyclic amines) is 1. The van der Waals surface area contributed by atoms with Crippen molar-refractivity contribution in [3.63, 3.8) is 0 Å². The van der Waals surface area contributed by atoms with Crippen LogP contribution < -0.4 is 9.47 Å². The standard InChI is InChI=1S/C22H26N2O5/c1-3-29-21-14-18(19(24(26)27)15-20(21)28-2)22(25)23-11-9-17(10-12-23)13-16-7-5-4-6-8-16/h4-8,14-15,17H,3,9-13H2,1-2H3. The van der Waals surface area contributed by atoms with Crippen LogP contribution >= 0.6 is 0 Å². The maximum Gasteiger partial charge on any atom is 0.286 e. The predicted molar refractivity (Wildman–Crippen MR) is 110 cm³/mol. The molecule has 0 saturated carbocycles. The number of amides is 1. The Labute approximate surface area is 170 Å². The first kappa shape index (κ1) is 20.6. The summed E-state index contributed by atoms with van der Waals surface area (Å²) in [4.78, 5) is 25.8. The molecule has 0 aromatic heterocycles. The second kappa shape index (κ2) is 9.41. The molecule has 29 heavy (non-hydrogen) atoms. The van der Waals surface area contributed by atoms with Gasteiger partial charge in [-0.15, -0.1) is 0 Å². The first-order chi connectivity index (χ1) is 14.0. The average molecular weight is 398 g/mol. The Morgan fingerprint density at radius 3 is 2.45 bits per heavy atom. The lowest BCUT2D eigenvalue weighted by Crippen LogP contribution is -2.39. The Hall–Kier alpha value is -3.09. The molecule has 3 rings (SSSR count). The molecule has 154 valence electrons. The molecule has 0 spiro atoms. The van der Waals surface area contributed by atoms with E-state index in [0.29, 0.717) is 31.4 Å². The number of hydrogen-bond acceptors (Lipinski definition) is 5. The van der Waals surface area contributed by atoms with Crippen molar-refractivity contribution in [1.82, 2.24) is 4.90 Å². The van der Waals surface area contributed by atoms with Crippen LogP contribution in [0.25, 0.3) is 0 Å². The van der Waals surface area contributed by atoms with Crippen LogP contribution in [0.2, 0.25) is 0 Å². The molecule has 7 nitrogen and oxygen atoms in total. The minimum atomic E-state index is -0.548. The third-order valence-electron chi connectivity index (χ3n) is 5.28. The fourth-order valence-electron chi connectivity index (χ4n) is 3.76. The minimum Gasteiger partial charge on any atom is -0.493 e. The number of methoxy groups -OCH3 is 1. The van der Waals surface area contributed by atoms with E-state index in [1.165, 1.54) is 24.8 Å².